The number of carbonyl (C=O) groups excluding carboxylic acids is 1. The van der Waals surface area contributed by atoms with E-state index in [1.165, 1.54) is 11.8 Å². The number of para-hydroxylation sites is 1. The number of rotatable bonds is 6. The Bertz CT molecular complexity index is 1480. The number of nitrogens with zero attached hydrogens (tertiary/aromatic N) is 1. The zero-order valence-corrected chi connectivity index (χ0v) is 22.2. The Hall–Kier alpha value is -3.96. The van der Waals surface area contributed by atoms with E-state index < -0.39 is 6.04 Å². The lowest BCUT2D eigenvalue weighted by atomic mass is 9.95. The molecule has 1 aliphatic rings. The lowest BCUT2D eigenvalue weighted by Crippen LogP contribution is -2.29. The van der Waals surface area contributed by atoms with E-state index in [0.29, 0.717) is 51.8 Å². The summed E-state index contributed by atoms with van der Waals surface area (Å²) in [7, 11) is 4.69. The highest BCUT2D eigenvalue weighted by molar-refractivity contribution is 7.98. The Kier molecular flexibility index (Phi) is 7.74. The van der Waals surface area contributed by atoms with Crippen LogP contribution in [-0.2, 0) is 6.42 Å². The number of nitrogens with one attached hydrogen (secondary N) is 1. The fourth-order valence-corrected chi connectivity index (χ4v) is 5.31. The normalized spacial score (nSPS) is 13.9. The van der Waals surface area contributed by atoms with Crippen LogP contribution in [0.2, 0.25) is 0 Å². The Morgan fingerprint density at radius 2 is 1.84 bits per heavy atom. The average Bonchev–Trinajstić information content (AvgIpc) is 3.15. The van der Waals surface area contributed by atoms with Gasteiger partial charge in [-0.3, -0.25) is 9.59 Å². The second-order valence-corrected chi connectivity index (χ2v) is 9.45. The van der Waals surface area contributed by atoms with Gasteiger partial charge in [0.25, 0.3) is 0 Å². The van der Waals surface area contributed by atoms with Crippen molar-refractivity contribution >= 4 is 23.4 Å². The summed E-state index contributed by atoms with van der Waals surface area (Å²) in [4.78, 5) is 30.7. The van der Waals surface area contributed by atoms with Crippen molar-refractivity contribution in [3.05, 3.63) is 86.4 Å². The molecule has 0 fully saturated rings. The number of ether oxygens (including phenoxy) is 3. The Morgan fingerprint density at radius 3 is 2.49 bits per heavy atom. The van der Waals surface area contributed by atoms with Gasteiger partial charge in [0.15, 0.2) is 16.9 Å². The third-order valence-corrected chi connectivity index (χ3v) is 7.40. The number of thioether (sulfide) groups is 1. The highest BCUT2D eigenvalue weighted by Gasteiger charge is 2.30. The van der Waals surface area contributed by atoms with Crippen LogP contribution in [-0.4, -0.2) is 33.5 Å². The van der Waals surface area contributed by atoms with Crippen molar-refractivity contribution < 1.29 is 19.0 Å². The largest absolute Gasteiger partial charge is 0.493 e. The summed E-state index contributed by atoms with van der Waals surface area (Å²) in [5.41, 5.74) is 4.43. The molecule has 0 heterocycles. The SMILES string of the molecule is [C-]#[N+]c1c(C)cccc1C(=O)N[C@H]1CCc2cc(OC)c(OC)c(OC)c2-c2ccc(SC)c(=O)cc21. The molecule has 0 spiro atoms. The van der Waals surface area contributed by atoms with E-state index >= 15 is 0 Å². The topological polar surface area (TPSA) is 78.2 Å². The van der Waals surface area contributed by atoms with E-state index in [2.05, 4.69) is 10.2 Å². The van der Waals surface area contributed by atoms with Gasteiger partial charge in [0.1, 0.15) is 0 Å². The smallest absolute Gasteiger partial charge is 0.241 e. The Labute approximate surface area is 220 Å². The van der Waals surface area contributed by atoms with E-state index in [1.807, 2.05) is 31.4 Å². The molecule has 1 N–H and O–H groups in total. The first-order chi connectivity index (χ1) is 17.9. The molecule has 1 aliphatic carbocycles. The van der Waals surface area contributed by atoms with Gasteiger partial charge in [0.05, 0.1) is 38.8 Å². The molecule has 8 heteroatoms. The summed E-state index contributed by atoms with van der Waals surface area (Å²) in [6.45, 7) is 9.37. The molecule has 3 aromatic rings. The number of benzene rings is 2. The minimum Gasteiger partial charge on any atom is -0.493 e. The van der Waals surface area contributed by atoms with Crippen molar-refractivity contribution in [2.45, 2.75) is 30.7 Å². The van der Waals surface area contributed by atoms with Crippen LogP contribution in [0.1, 0.15) is 39.5 Å². The van der Waals surface area contributed by atoms with Gasteiger partial charge in [-0.25, -0.2) is 4.85 Å². The van der Waals surface area contributed by atoms with Gasteiger partial charge in [0.2, 0.25) is 17.3 Å². The van der Waals surface area contributed by atoms with Gasteiger partial charge in [-0.1, -0.05) is 24.3 Å². The fourth-order valence-electron chi connectivity index (χ4n) is 4.84. The van der Waals surface area contributed by atoms with Crippen LogP contribution in [0.3, 0.4) is 0 Å². The molecule has 37 heavy (non-hydrogen) atoms. The van der Waals surface area contributed by atoms with Gasteiger partial charge in [-0.15, -0.1) is 11.8 Å². The molecule has 0 saturated heterocycles. The first-order valence-electron chi connectivity index (χ1n) is 11.7. The molecule has 4 rings (SSSR count). The number of methoxy groups -OCH3 is 3. The van der Waals surface area contributed by atoms with Gasteiger partial charge in [-0.05, 0) is 66.5 Å². The third-order valence-electron chi connectivity index (χ3n) is 6.62. The van der Waals surface area contributed by atoms with Crippen LogP contribution >= 0.6 is 11.8 Å². The van der Waals surface area contributed by atoms with Gasteiger partial charge in [-0.2, -0.15) is 0 Å². The first kappa shape index (κ1) is 26.1. The average molecular weight is 517 g/mol. The predicted molar refractivity (Wildman–Crippen MR) is 146 cm³/mol. The Morgan fingerprint density at radius 1 is 1.08 bits per heavy atom. The van der Waals surface area contributed by atoms with Crippen LogP contribution < -0.4 is 25.0 Å². The number of aryl methyl sites for hydroxylation is 2. The molecular weight excluding hydrogens is 488 g/mol. The summed E-state index contributed by atoms with van der Waals surface area (Å²) in [6, 6.07) is 12.0. The van der Waals surface area contributed by atoms with Crippen molar-refractivity contribution in [3.63, 3.8) is 0 Å². The number of hydrogen-bond donors (Lipinski definition) is 1. The Balaban J connectivity index is 1.94. The standard InChI is InChI=1S/C29H28N2O5S/c1-16-8-7-9-19(26(16)30-2)29(33)31-21-12-10-17-14-23(34-3)27(35-4)28(36-5)25(17)18-11-13-24(37-6)22(32)15-20(18)21/h7-9,11,13-15,21H,10,12H2,1,3-6H3,(H,31,33)/t21-/m0/s1. The minimum absolute atomic E-state index is 0.131. The van der Waals surface area contributed by atoms with Crippen molar-refractivity contribution in [3.8, 4) is 28.4 Å². The highest BCUT2D eigenvalue weighted by atomic mass is 32.2. The maximum Gasteiger partial charge on any atom is 0.241 e. The molecule has 7 nitrogen and oxygen atoms in total. The summed E-state index contributed by atoms with van der Waals surface area (Å²) in [6.07, 6.45) is 2.97. The third kappa shape index (κ3) is 4.75. The van der Waals surface area contributed by atoms with Crippen LogP contribution in [0.15, 0.2) is 52.2 Å². The molecule has 190 valence electrons. The quantitative estimate of drug-likeness (QED) is 0.333. The van der Waals surface area contributed by atoms with E-state index in [4.69, 9.17) is 20.8 Å². The molecule has 1 atom stereocenters. The molecule has 0 bridgehead atoms. The molecule has 0 aliphatic heterocycles. The van der Waals surface area contributed by atoms with E-state index in [1.54, 1.807) is 45.6 Å². The maximum absolute atomic E-state index is 13.4. The molecule has 1 amide bonds. The van der Waals surface area contributed by atoms with Crippen LogP contribution in [0.4, 0.5) is 5.69 Å². The van der Waals surface area contributed by atoms with Crippen LogP contribution in [0, 0.1) is 13.5 Å². The molecule has 0 radical (unpaired) electrons. The fraction of sp³-hybridized carbons (Fsp3) is 0.276. The van der Waals surface area contributed by atoms with Gasteiger partial charge >= 0.3 is 0 Å². The highest BCUT2D eigenvalue weighted by Crippen LogP contribution is 2.50. The predicted octanol–water partition coefficient (Wildman–Crippen LogP) is 5.74. The maximum atomic E-state index is 13.4. The monoisotopic (exact) mass is 516 g/mol. The van der Waals surface area contributed by atoms with Crippen molar-refractivity contribution in [1.82, 2.24) is 5.32 Å². The van der Waals surface area contributed by atoms with Crippen molar-refractivity contribution in [2.24, 2.45) is 0 Å². The van der Waals surface area contributed by atoms with Crippen molar-refractivity contribution in [1.29, 1.82) is 0 Å². The second kappa shape index (κ2) is 11.0. The molecule has 3 aromatic carbocycles. The minimum atomic E-state index is -0.481. The van der Waals surface area contributed by atoms with Gasteiger partial charge in [0, 0.05) is 11.1 Å². The molecular formula is C29H28N2O5S. The van der Waals surface area contributed by atoms with E-state index in [9.17, 15) is 9.59 Å². The summed E-state index contributed by atoms with van der Waals surface area (Å²) in [5.74, 6) is 1.14. The zero-order valence-electron chi connectivity index (χ0n) is 21.4. The molecule has 0 unspecified atom stereocenters. The van der Waals surface area contributed by atoms with Gasteiger partial charge < -0.3 is 19.5 Å². The number of hydrogen-bond acceptors (Lipinski definition) is 6. The van der Waals surface area contributed by atoms with E-state index in [-0.39, 0.29) is 11.3 Å². The van der Waals surface area contributed by atoms with Crippen LogP contribution in [0.25, 0.3) is 16.0 Å². The number of amides is 1. The zero-order chi connectivity index (χ0) is 26.7. The number of fused-ring (bicyclic) bond motifs is 3. The summed E-state index contributed by atoms with van der Waals surface area (Å²) in [5, 5.41) is 3.11. The molecule has 0 saturated carbocycles. The van der Waals surface area contributed by atoms with Crippen LogP contribution in [0.5, 0.6) is 17.2 Å². The summed E-state index contributed by atoms with van der Waals surface area (Å²) < 4.78 is 17.0. The second-order valence-electron chi connectivity index (χ2n) is 8.61. The lowest BCUT2D eigenvalue weighted by molar-refractivity contribution is 0.0936. The summed E-state index contributed by atoms with van der Waals surface area (Å²) >= 11 is 1.37. The molecule has 0 aromatic heterocycles. The van der Waals surface area contributed by atoms with E-state index in [0.717, 1.165) is 22.3 Å². The van der Waals surface area contributed by atoms with Crippen molar-refractivity contribution in [2.75, 3.05) is 27.6 Å². The number of carbonyl (C=O) groups is 1. The first-order valence-corrected chi connectivity index (χ1v) is 12.9. The lowest BCUT2D eigenvalue weighted by Gasteiger charge is -2.20.